The van der Waals surface area contributed by atoms with Crippen molar-refractivity contribution in [1.29, 1.82) is 0 Å². The lowest BCUT2D eigenvalue weighted by atomic mass is 9.92. The number of rotatable bonds is 3. The highest BCUT2D eigenvalue weighted by Crippen LogP contribution is 2.19. The lowest BCUT2D eigenvalue weighted by Gasteiger charge is -2.28. The Morgan fingerprint density at radius 1 is 1.38 bits per heavy atom. The van der Waals surface area contributed by atoms with Crippen molar-refractivity contribution in [2.45, 2.75) is 42.7 Å². The quantitative estimate of drug-likeness (QED) is 0.725. The zero-order chi connectivity index (χ0) is 11.6. The maximum Gasteiger partial charge on any atom is 0.242 e. The molecule has 1 heterocycles. The number of aromatic nitrogens is 1. The largest absolute Gasteiger partial charge is 0.366 e. The molecule has 0 amide bonds. The minimum Gasteiger partial charge on any atom is -0.366 e. The zero-order valence-electron chi connectivity index (χ0n) is 9.02. The molecule has 0 aliphatic heterocycles. The number of sulfonamides is 1. The Morgan fingerprint density at radius 3 is 2.75 bits per heavy atom. The third-order valence-electron chi connectivity index (χ3n) is 3.01. The Hall–Kier alpha value is -0.850. The van der Waals surface area contributed by atoms with Gasteiger partial charge in [-0.3, -0.25) is 0 Å². The second-order valence-corrected chi connectivity index (χ2v) is 5.94. The fourth-order valence-electron chi connectivity index (χ4n) is 2.05. The van der Waals surface area contributed by atoms with Crippen molar-refractivity contribution in [3.63, 3.8) is 0 Å². The van der Waals surface area contributed by atoms with Gasteiger partial charge in [0.25, 0.3) is 0 Å². The van der Waals surface area contributed by atoms with Gasteiger partial charge >= 0.3 is 0 Å². The van der Waals surface area contributed by atoms with Gasteiger partial charge in [0.15, 0.2) is 0 Å². The molecule has 0 radical (unpaired) electrons. The Balaban J connectivity index is 2.09. The first kappa shape index (κ1) is 11.6. The predicted octanol–water partition coefficient (Wildman–Crippen LogP) is 0.563. The standard InChI is InChI=1S/C10H17N3O2S/c11-9-3-1-2-4-10(9)13-16(14,15)8-5-6-12-7-8/h5-7,9-10,12-13H,1-4,11H2/t9-,10-/m1/s1. The molecule has 1 aliphatic carbocycles. The van der Waals surface area contributed by atoms with Crippen LogP contribution in [0.3, 0.4) is 0 Å². The molecule has 1 aromatic heterocycles. The van der Waals surface area contributed by atoms with Crippen LogP contribution in [-0.4, -0.2) is 25.5 Å². The highest BCUT2D eigenvalue weighted by atomic mass is 32.2. The average molecular weight is 243 g/mol. The van der Waals surface area contributed by atoms with E-state index in [2.05, 4.69) is 9.71 Å². The van der Waals surface area contributed by atoms with Gasteiger partial charge in [0.05, 0.1) is 4.90 Å². The van der Waals surface area contributed by atoms with Crippen LogP contribution in [-0.2, 0) is 10.0 Å². The summed E-state index contributed by atoms with van der Waals surface area (Å²) in [5, 5.41) is 0. The molecule has 2 atom stereocenters. The van der Waals surface area contributed by atoms with Gasteiger partial charge < -0.3 is 10.7 Å². The highest BCUT2D eigenvalue weighted by molar-refractivity contribution is 7.89. The second kappa shape index (κ2) is 4.57. The molecule has 0 spiro atoms. The molecule has 0 saturated heterocycles. The van der Waals surface area contributed by atoms with E-state index in [0.717, 1.165) is 25.7 Å². The average Bonchev–Trinajstić information content (AvgIpc) is 2.75. The van der Waals surface area contributed by atoms with E-state index in [1.165, 1.54) is 12.3 Å². The minimum absolute atomic E-state index is 0.0672. The zero-order valence-corrected chi connectivity index (χ0v) is 9.83. The molecule has 1 saturated carbocycles. The molecule has 1 aliphatic rings. The molecule has 1 aromatic rings. The monoisotopic (exact) mass is 243 g/mol. The number of hydrogen-bond acceptors (Lipinski definition) is 3. The number of aromatic amines is 1. The van der Waals surface area contributed by atoms with Gasteiger partial charge in [0.2, 0.25) is 10.0 Å². The van der Waals surface area contributed by atoms with E-state index in [0.29, 0.717) is 0 Å². The van der Waals surface area contributed by atoms with Crippen LogP contribution in [0.25, 0.3) is 0 Å². The summed E-state index contributed by atoms with van der Waals surface area (Å²) in [4.78, 5) is 3.00. The van der Waals surface area contributed by atoms with Crippen LogP contribution in [0.5, 0.6) is 0 Å². The van der Waals surface area contributed by atoms with Crippen molar-refractivity contribution in [1.82, 2.24) is 9.71 Å². The molecule has 1 fully saturated rings. The van der Waals surface area contributed by atoms with Crippen LogP contribution in [0.2, 0.25) is 0 Å². The van der Waals surface area contributed by atoms with E-state index in [4.69, 9.17) is 5.73 Å². The topological polar surface area (TPSA) is 88.0 Å². The molecule has 0 bridgehead atoms. The van der Waals surface area contributed by atoms with Crippen LogP contribution in [0, 0.1) is 0 Å². The Labute approximate surface area is 95.5 Å². The fraction of sp³-hybridized carbons (Fsp3) is 0.600. The SMILES string of the molecule is N[C@@H]1CCCC[C@H]1NS(=O)(=O)c1cc[nH]c1. The van der Waals surface area contributed by atoms with E-state index < -0.39 is 10.0 Å². The lowest BCUT2D eigenvalue weighted by Crippen LogP contribution is -2.49. The van der Waals surface area contributed by atoms with Crippen molar-refractivity contribution >= 4 is 10.0 Å². The van der Waals surface area contributed by atoms with E-state index in [1.807, 2.05) is 0 Å². The molecule has 0 aromatic carbocycles. The number of H-pyrrole nitrogens is 1. The molecule has 90 valence electrons. The molecule has 0 unspecified atom stereocenters. The first-order valence-electron chi connectivity index (χ1n) is 5.50. The number of hydrogen-bond donors (Lipinski definition) is 3. The van der Waals surface area contributed by atoms with E-state index in [1.54, 1.807) is 6.20 Å². The molecule has 5 nitrogen and oxygen atoms in total. The summed E-state index contributed by atoms with van der Waals surface area (Å²) in [7, 11) is -3.41. The number of nitrogens with two attached hydrogens (primary N) is 1. The summed E-state index contributed by atoms with van der Waals surface area (Å²) in [6, 6.07) is 1.34. The van der Waals surface area contributed by atoms with Gasteiger partial charge in [0.1, 0.15) is 0 Å². The van der Waals surface area contributed by atoms with E-state index >= 15 is 0 Å². The van der Waals surface area contributed by atoms with Gasteiger partial charge in [-0.05, 0) is 18.9 Å². The molecule has 4 N–H and O–H groups in total. The highest BCUT2D eigenvalue weighted by Gasteiger charge is 2.27. The summed E-state index contributed by atoms with van der Waals surface area (Å²) < 4.78 is 26.5. The normalized spacial score (nSPS) is 26.8. The van der Waals surface area contributed by atoms with Crippen molar-refractivity contribution < 1.29 is 8.42 Å². The van der Waals surface area contributed by atoms with Gasteiger partial charge in [-0.2, -0.15) is 0 Å². The minimum atomic E-state index is -3.41. The van der Waals surface area contributed by atoms with Crippen molar-refractivity contribution in [2.24, 2.45) is 5.73 Å². The molecule has 2 rings (SSSR count). The second-order valence-electron chi connectivity index (χ2n) is 4.22. The summed E-state index contributed by atoms with van der Waals surface area (Å²) >= 11 is 0. The fourth-order valence-corrected chi connectivity index (χ4v) is 3.35. The maximum atomic E-state index is 11.9. The van der Waals surface area contributed by atoms with Crippen molar-refractivity contribution in [3.05, 3.63) is 18.5 Å². The first-order chi connectivity index (χ1) is 7.59. The van der Waals surface area contributed by atoms with Crippen LogP contribution in [0.4, 0.5) is 0 Å². The summed E-state index contributed by atoms with van der Waals surface area (Å²) in [6.07, 6.45) is 6.90. The van der Waals surface area contributed by atoms with Gasteiger partial charge in [-0.25, -0.2) is 13.1 Å². The predicted molar refractivity (Wildman–Crippen MR) is 61.3 cm³/mol. The van der Waals surface area contributed by atoms with E-state index in [-0.39, 0.29) is 17.0 Å². The van der Waals surface area contributed by atoms with Crippen LogP contribution in [0.15, 0.2) is 23.4 Å². The smallest absolute Gasteiger partial charge is 0.242 e. The Bertz CT molecular complexity index is 427. The molecular formula is C10H17N3O2S. The van der Waals surface area contributed by atoms with Crippen LogP contribution >= 0.6 is 0 Å². The molecular weight excluding hydrogens is 226 g/mol. The third-order valence-corrected chi connectivity index (χ3v) is 4.49. The first-order valence-corrected chi connectivity index (χ1v) is 6.98. The van der Waals surface area contributed by atoms with Gasteiger partial charge in [0, 0.05) is 24.5 Å². The van der Waals surface area contributed by atoms with Crippen molar-refractivity contribution in [2.75, 3.05) is 0 Å². The van der Waals surface area contributed by atoms with Crippen molar-refractivity contribution in [3.8, 4) is 0 Å². The lowest BCUT2D eigenvalue weighted by molar-refractivity contribution is 0.361. The summed E-state index contributed by atoms with van der Waals surface area (Å²) in [5.41, 5.74) is 5.90. The maximum absolute atomic E-state index is 11.9. The number of nitrogens with one attached hydrogen (secondary N) is 2. The third kappa shape index (κ3) is 2.45. The Morgan fingerprint density at radius 2 is 2.12 bits per heavy atom. The van der Waals surface area contributed by atoms with Crippen LogP contribution < -0.4 is 10.5 Å². The van der Waals surface area contributed by atoms with E-state index in [9.17, 15) is 8.42 Å². The summed E-state index contributed by atoms with van der Waals surface area (Å²) in [5.74, 6) is 0. The molecule has 6 heteroatoms. The Kier molecular flexibility index (Phi) is 3.32. The van der Waals surface area contributed by atoms with Gasteiger partial charge in [-0.1, -0.05) is 12.8 Å². The summed E-state index contributed by atoms with van der Waals surface area (Å²) in [6.45, 7) is 0. The molecule has 16 heavy (non-hydrogen) atoms. The van der Waals surface area contributed by atoms with Crippen LogP contribution in [0.1, 0.15) is 25.7 Å². The van der Waals surface area contributed by atoms with Gasteiger partial charge in [-0.15, -0.1) is 0 Å².